The van der Waals surface area contributed by atoms with Gasteiger partial charge in [-0.05, 0) is 82.0 Å². The van der Waals surface area contributed by atoms with E-state index in [-0.39, 0.29) is 16.7 Å². The zero-order valence-corrected chi connectivity index (χ0v) is 26.4. The first-order valence-electron chi connectivity index (χ1n) is 14.6. The van der Waals surface area contributed by atoms with Crippen LogP contribution >= 0.6 is 11.3 Å². The number of esters is 1. The molecular weight excluding hydrogens is 556 g/mol. The number of benzene rings is 2. The number of nitrogens with one attached hydrogen (secondary N) is 1. The highest BCUT2D eigenvalue weighted by molar-refractivity contribution is 7.10. The van der Waals surface area contributed by atoms with Gasteiger partial charge in [-0.3, -0.25) is 14.9 Å². The van der Waals surface area contributed by atoms with Crippen LogP contribution in [0.5, 0.6) is 0 Å². The number of carbonyl (C=O) groups is 3. The molecule has 2 aromatic heterocycles. The molecule has 2 aromatic carbocycles. The van der Waals surface area contributed by atoms with Crippen LogP contribution in [-0.2, 0) is 21.4 Å². The summed E-state index contributed by atoms with van der Waals surface area (Å²) in [6.45, 7) is 12.4. The fraction of sp³-hybridized carbons (Fsp3) is 0.333. The lowest BCUT2D eigenvalue weighted by Crippen LogP contribution is -2.34. The Hall–Kier alpha value is -4.10. The topological polar surface area (TPSA) is 85.4 Å². The van der Waals surface area contributed by atoms with Gasteiger partial charge < -0.3 is 4.74 Å². The number of imide groups is 1. The van der Waals surface area contributed by atoms with Crippen molar-refractivity contribution in [2.45, 2.75) is 59.8 Å². The monoisotopic (exact) mass is 594 g/mol. The number of aromatic nitrogens is 1. The minimum Gasteiger partial charge on any atom is -0.452 e. The lowest BCUT2D eigenvalue weighted by atomic mass is 9.69. The number of pyridine rings is 1. The molecule has 0 fully saturated rings. The van der Waals surface area contributed by atoms with Crippen LogP contribution in [0.1, 0.15) is 90.4 Å². The van der Waals surface area contributed by atoms with E-state index < -0.39 is 24.4 Å². The molecule has 0 saturated heterocycles. The van der Waals surface area contributed by atoms with Crippen molar-refractivity contribution in [1.29, 1.82) is 0 Å². The number of ether oxygens (including phenoxy) is 1. The molecule has 0 aliphatic heterocycles. The maximum absolute atomic E-state index is 13.8. The summed E-state index contributed by atoms with van der Waals surface area (Å²) < 4.78 is 5.58. The molecule has 0 radical (unpaired) electrons. The standard InChI is InChI=1S/C36H38N2O4S/c1-35(2,3)24-15-13-22(14-16-24)33(40)38-30(39)21-42-34(41)31-27-11-7-8-12-29(27)37-32-23(19-26-10-9-17-43-26)18-25(20-28(31)32)36(4,5)6/h7-17,19,25H,18,20-21H2,1-6H3,(H,38,39,40). The van der Waals surface area contributed by atoms with E-state index in [2.05, 4.69) is 59.0 Å². The van der Waals surface area contributed by atoms with Gasteiger partial charge in [0, 0.05) is 15.8 Å². The third-order valence-electron chi connectivity index (χ3n) is 8.10. The molecule has 1 atom stereocenters. The summed E-state index contributed by atoms with van der Waals surface area (Å²) in [5.41, 5.74) is 5.24. The fourth-order valence-electron chi connectivity index (χ4n) is 5.47. The first-order chi connectivity index (χ1) is 20.3. The van der Waals surface area contributed by atoms with E-state index in [4.69, 9.17) is 9.72 Å². The van der Waals surface area contributed by atoms with E-state index in [9.17, 15) is 14.4 Å². The summed E-state index contributed by atoms with van der Waals surface area (Å²) in [6, 6.07) is 18.8. The number of nitrogens with zero attached hydrogens (tertiary/aromatic N) is 1. The zero-order valence-electron chi connectivity index (χ0n) is 25.6. The van der Waals surface area contributed by atoms with Crippen LogP contribution in [0.2, 0.25) is 0 Å². The van der Waals surface area contributed by atoms with Crippen molar-refractivity contribution in [3.63, 3.8) is 0 Å². The molecule has 1 aliphatic rings. The highest BCUT2D eigenvalue weighted by Gasteiger charge is 2.35. The lowest BCUT2D eigenvalue weighted by molar-refractivity contribution is -0.123. The predicted octanol–water partition coefficient (Wildman–Crippen LogP) is 7.86. The molecule has 0 spiro atoms. The summed E-state index contributed by atoms with van der Waals surface area (Å²) in [7, 11) is 0. The first-order valence-corrected chi connectivity index (χ1v) is 15.5. The van der Waals surface area contributed by atoms with Gasteiger partial charge in [0.2, 0.25) is 0 Å². The summed E-state index contributed by atoms with van der Waals surface area (Å²) in [5.74, 6) is -1.55. The second-order valence-electron chi connectivity index (χ2n) is 13.3. The predicted molar refractivity (Wildman–Crippen MR) is 173 cm³/mol. The third-order valence-corrected chi connectivity index (χ3v) is 8.92. The summed E-state index contributed by atoms with van der Waals surface area (Å²) in [5, 5.41) is 5.08. The Morgan fingerprint density at radius 3 is 2.33 bits per heavy atom. The Morgan fingerprint density at radius 2 is 1.67 bits per heavy atom. The number of rotatable bonds is 5. The highest BCUT2D eigenvalue weighted by atomic mass is 32.1. The Kier molecular flexibility index (Phi) is 8.39. The highest BCUT2D eigenvalue weighted by Crippen LogP contribution is 2.45. The molecule has 6 nitrogen and oxygen atoms in total. The molecule has 2 heterocycles. The number of hydrogen-bond acceptors (Lipinski definition) is 6. The summed E-state index contributed by atoms with van der Waals surface area (Å²) >= 11 is 1.66. The third kappa shape index (κ3) is 6.78. The van der Waals surface area contributed by atoms with Gasteiger partial charge in [0.25, 0.3) is 11.8 Å². The van der Waals surface area contributed by atoms with Crippen LogP contribution in [-0.4, -0.2) is 29.4 Å². The van der Waals surface area contributed by atoms with Gasteiger partial charge in [-0.25, -0.2) is 9.78 Å². The molecule has 5 rings (SSSR count). The Labute approximate surface area is 257 Å². The van der Waals surface area contributed by atoms with Crippen molar-refractivity contribution >= 4 is 51.7 Å². The Morgan fingerprint density at radius 1 is 0.953 bits per heavy atom. The normalized spacial score (nSPS) is 16.1. The number of hydrogen-bond donors (Lipinski definition) is 1. The number of para-hydroxylation sites is 1. The van der Waals surface area contributed by atoms with Crippen molar-refractivity contribution in [3.05, 3.63) is 98.9 Å². The van der Waals surface area contributed by atoms with Gasteiger partial charge >= 0.3 is 5.97 Å². The van der Waals surface area contributed by atoms with Crippen LogP contribution in [0.15, 0.2) is 66.0 Å². The maximum atomic E-state index is 13.8. The van der Waals surface area contributed by atoms with E-state index in [0.717, 1.165) is 33.7 Å². The quantitative estimate of drug-likeness (QED) is 0.238. The number of amides is 2. The molecule has 1 unspecified atom stereocenters. The number of fused-ring (bicyclic) bond motifs is 2. The number of thiophene rings is 1. The van der Waals surface area contributed by atoms with Crippen molar-refractivity contribution in [2.75, 3.05) is 6.61 Å². The molecule has 0 saturated carbocycles. The van der Waals surface area contributed by atoms with Crippen LogP contribution in [0.4, 0.5) is 0 Å². The van der Waals surface area contributed by atoms with E-state index in [1.807, 2.05) is 47.8 Å². The van der Waals surface area contributed by atoms with E-state index in [1.165, 1.54) is 0 Å². The summed E-state index contributed by atoms with van der Waals surface area (Å²) in [4.78, 5) is 45.4. The number of allylic oxidation sites excluding steroid dienone is 1. The van der Waals surface area contributed by atoms with Gasteiger partial charge in [0.1, 0.15) is 0 Å². The van der Waals surface area contributed by atoms with E-state index in [0.29, 0.717) is 28.5 Å². The van der Waals surface area contributed by atoms with Crippen molar-refractivity contribution in [3.8, 4) is 0 Å². The van der Waals surface area contributed by atoms with Crippen molar-refractivity contribution in [2.24, 2.45) is 11.3 Å². The largest absolute Gasteiger partial charge is 0.452 e. The molecule has 43 heavy (non-hydrogen) atoms. The lowest BCUT2D eigenvalue weighted by Gasteiger charge is -2.36. The Bertz CT molecular complexity index is 1710. The molecule has 222 valence electrons. The SMILES string of the molecule is CC(C)(C)c1ccc(C(=O)NC(=O)COC(=O)c2c3c(nc4ccccc24)C(=Cc2cccs2)CC(C(C)(C)C)C3)cc1. The molecule has 1 N–H and O–H groups in total. The van der Waals surface area contributed by atoms with Gasteiger partial charge in [-0.2, -0.15) is 0 Å². The average Bonchev–Trinajstić information content (AvgIpc) is 3.47. The second-order valence-corrected chi connectivity index (χ2v) is 14.2. The molecule has 4 aromatic rings. The minimum atomic E-state index is -0.684. The van der Waals surface area contributed by atoms with Gasteiger partial charge in [0.05, 0.1) is 16.8 Å². The molecule has 0 bridgehead atoms. The zero-order chi connectivity index (χ0) is 30.9. The second kappa shape index (κ2) is 11.9. The van der Waals surface area contributed by atoms with Crippen LogP contribution in [0.3, 0.4) is 0 Å². The van der Waals surface area contributed by atoms with Crippen molar-refractivity contribution < 1.29 is 19.1 Å². The van der Waals surface area contributed by atoms with Crippen LogP contribution in [0, 0.1) is 11.3 Å². The van der Waals surface area contributed by atoms with E-state index in [1.54, 1.807) is 23.5 Å². The minimum absolute atomic E-state index is 0.00954. The molecular formula is C36H38N2O4S. The van der Waals surface area contributed by atoms with Crippen LogP contribution < -0.4 is 5.32 Å². The van der Waals surface area contributed by atoms with Crippen molar-refractivity contribution in [1.82, 2.24) is 10.3 Å². The van der Waals surface area contributed by atoms with E-state index >= 15 is 0 Å². The average molecular weight is 595 g/mol. The Balaban J connectivity index is 1.42. The smallest absolute Gasteiger partial charge is 0.339 e. The van der Waals surface area contributed by atoms with Gasteiger partial charge in [-0.1, -0.05) is 77.9 Å². The molecule has 7 heteroatoms. The maximum Gasteiger partial charge on any atom is 0.339 e. The summed E-state index contributed by atoms with van der Waals surface area (Å²) in [6.07, 6.45) is 3.68. The molecule has 1 aliphatic carbocycles. The van der Waals surface area contributed by atoms with Gasteiger partial charge in [0.15, 0.2) is 6.61 Å². The first kappa shape index (κ1) is 30.4. The van der Waals surface area contributed by atoms with Gasteiger partial charge in [-0.15, -0.1) is 11.3 Å². The van der Waals surface area contributed by atoms with Crippen LogP contribution in [0.25, 0.3) is 22.6 Å². The fourth-order valence-corrected chi connectivity index (χ4v) is 6.16. The molecule has 2 amide bonds. The number of carbonyl (C=O) groups excluding carboxylic acids is 3.